The van der Waals surface area contributed by atoms with Crippen LogP contribution in [0.4, 0.5) is 10.5 Å². The second kappa shape index (κ2) is 10.3. The van der Waals surface area contributed by atoms with Crippen LogP contribution in [-0.2, 0) is 16.2 Å². The molecule has 0 spiro atoms. The summed E-state index contributed by atoms with van der Waals surface area (Å²) in [5.74, 6) is -1.06. The van der Waals surface area contributed by atoms with Crippen LogP contribution in [0.5, 0.6) is 5.75 Å². The summed E-state index contributed by atoms with van der Waals surface area (Å²) in [6.45, 7) is 3.96. The molecular weight excluding hydrogens is 523 g/mol. The highest BCUT2D eigenvalue weighted by molar-refractivity contribution is 6.39. The van der Waals surface area contributed by atoms with Gasteiger partial charge in [-0.1, -0.05) is 65.7 Å². The first-order chi connectivity index (χ1) is 18.2. The number of hydrogen-bond donors (Lipinski definition) is 1. The molecule has 6 nitrogen and oxygen atoms in total. The van der Waals surface area contributed by atoms with Crippen molar-refractivity contribution in [1.29, 1.82) is 0 Å². The number of fused-ring (bicyclic) bond motifs is 1. The summed E-state index contributed by atoms with van der Waals surface area (Å²) in [4.78, 5) is 40.1. The van der Waals surface area contributed by atoms with Crippen molar-refractivity contribution >= 4 is 63.6 Å². The van der Waals surface area contributed by atoms with E-state index in [0.29, 0.717) is 27.0 Å². The van der Waals surface area contributed by atoms with E-state index in [1.807, 2.05) is 50.2 Å². The van der Waals surface area contributed by atoms with E-state index in [2.05, 4.69) is 5.32 Å². The molecule has 38 heavy (non-hydrogen) atoms. The fourth-order valence-corrected chi connectivity index (χ4v) is 4.71. The number of aryl methyl sites for hydroxylation is 2. The van der Waals surface area contributed by atoms with Gasteiger partial charge in [0.25, 0.3) is 11.8 Å². The minimum Gasteiger partial charge on any atom is -0.488 e. The maximum Gasteiger partial charge on any atom is 0.335 e. The number of rotatable bonds is 5. The van der Waals surface area contributed by atoms with Crippen molar-refractivity contribution in [3.05, 3.63) is 111 Å². The lowest BCUT2D eigenvalue weighted by Crippen LogP contribution is -2.54. The zero-order valence-electron chi connectivity index (χ0n) is 20.5. The first kappa shape index (κ1) is 25.5. The Morgan fingerprint density at radius 3 is 2.45 bits per heavy atom. The standard InChI is InChI=1S/C30H22Cl2N2O4/c1-17-7-11-22(13-18(17)2)34-29(36)25(28(35)33-30(34)37)15-24-23-6-4-3-5-19(23)9-12-27(24)38-16-20-8-10-21(31)14-26(20)32/h3-15H,16H2,1-2H3,(H,33,35,37)/b25-15+. The van der Waals surface area contributed by atoms with Gasteiger partial charge in [0, 0.05) is 21.2 Å². The average Bonchev–Trinajstić information content (AvgIpc) is 2.88. The van der Waals surface area contributed by atoms with Gasteiger partial charge in [0.05, 0.1) is 5.69 Å². The topological polar surface area (TPSA) is 75.7 Å². The zero-order valence-corrected chi connectivity index (χ0v) is 22.1. The number of nitrogens with zero attached hydrogens (tertiary/aromatic N) is 1. The Labute approximate surface area is 229 Å². The van der Waals surface area contributed by atoms with E-state index in [4.69, 9.17) is 27.9 Å². The van der Waals surface area contributed by atoms with Crippen LogP contribution < -0.4 is 15.0 Å². The molecule has 4 aromatic carbocycles. The number of benzene rings is 4. The molecule has 0 aromatic heterocycles. The van der Waals surface area contributed by atoms with Gasteiger partial charge in [-0.2, -0.15) is 0 Å². The summed E-state index contributed by atoms with van der Waals surface area (Å²) >= 11 is 12.3. The molecule has 1 fully saturated rings. The molecule has 0 saturated carbocycles. The molecule has 0 radical (unpaired) electrons. The zero-order chi connectivity index (χ0) is 27.0. The largest absolute Gasteiger partial charge is 0.488 e. The monoisotopic (exact) mass is 544 g/mol. The molecule has 0 aliphatic carbocycles. The maximum absolute atomic E-state index is 13.6. The van der Waals surface area contributed by atoms with Crippen molar-refractivity contribution in [2.75, 3.05) is 4.90 Å². The Morgan fingerprint density at radius 2 is 1.68 bits per heavy atom. The number of imide groups is 2. The van der Waals surface area contributed by atoms with Gasteiger partial charge in [0.15, 0.2) is 0 Å². The molecule has 1 saturated heterocycles. The third-order valence-corrected chi connectivity index (χ3v) is 7.05. The Balaban J connectivity index is 1.58. The Hall–Kier alpha value is -4.13. The maximum atomic E-state index is 13.6. The summed E-state index contributed by atoms with van der Waals surface area (Å²) in [5, 5.41) is 4.93. The number of urea groups is 1. The van der Waals surface area contributed by atoms with E-state index in [-0.39, 0.29) is 12.2 Å². The van der Waals surface area contributed by atoms with Gasteiger partial charge in [-0.15, -0.1) is 0 Å². The number of barbiturate groups is 1. The van der Waals surface area contributed by atoms with E-state index in [0.717, 1.165) is 32.4 Å². The Kier molecular flexibility index (Phi) is 6.93. The van der Waals surface area contributed by atoms with Crippen LogP contribution in [-0.4, -0.2) is 17.8 Å². The lowest BCUT2D eigenvalue weighted by Gasteiger charge is -2.27. The fraction of sp³-hybridized carbons (Fsp3) is 0.100. The predicted octanol–water partition coefficient (Wildman–Crippen LogP) is 7.01. The van der Waals surface area contributed by atoms with Gasteiger partial charge in [0.1, 0.15) is 17.9 Å². The molecule has 5 rings (SSSR count). The molecule has 8 heteroatoms. The normalized spacial score (nSPS) is 14.8. The van der Waals surface area contributed by atoms with Gasteiger partial charge in [0.2, 0.25) is 0 Å². The van der Waals surface area contributed by atoms with E-state index in [1.165, 1.54) is 6.08 Å². The highest BCUT2D eigenvalue weighted by Gasteiger charge is 2.37. The number of hydrogen-bond acceptors (Lipinski definition) is 4. The Morgan fingerprint density at radius 1 is 0.895 bits per heavy atom. The first-order valence-corrected chi connectivity index (χ1v) is 12.6. The van der Waals surface area contributed by atoms with Gasteiger partial charge < -0.3 is 4.74 Å². The average molecular weight is 545 g/mol. The van der Waals surface area contributed by atoms with Crippen LogP contribution in [0, 0.1) is 13.8 Å². The lowest BCUT2D eigenvalue weighted by molar-refractivity contribution is -0.122. The van der Waals surface area contributed by atoms with Crippen LogP contribution in [0.15, 0.2) is 78.4 Å². The fourth-order valence-electron chi connectivity index (χ4n) is 4.25. The lowest BCUT2D eigenvalue weighted by atomic mass is 9.99. The van der Waals surface area contributed by atoms with Crippen LogP contribution in [0.1, 0.15) is 22.3 Å². The van der Waals surface area contributed by atoms with Crippen LogP contribution >= 0.6 is 23.2 Å². The number of carbonyl (C=O) groups is 3. The van der Waals surface area contributed by atoms with Crippen LogP contribution in [0.3, 0.4) is 0 Å². The minimum absolute atomic E-state index is 0.137. The Bertz CT molecular complexity index is 1660. The molecule has 4 aromatic rings. The predicted molar refractivity (Wildman–Crippen MR) is 150 cm³/mol. The first-order valence-electron chi connectivity index (χ1n) is 11.8. The number of ether oxygens (including phenoxy) is 1. The van der Waals surface area contributed by atoms with Crippen molar-refractivity contribution in [3.8, 4) is 5.75 Å². The highest BCUT2D eigenvalue weighted by Crippen LogP contribution is 2.33. The van der Waals surface area contributed by atoms with Crippen molar-refractivity contribution in [2.24, 2.45) is 0 Å². The van der Waals surface area contributed by atoms with Crippen molar-refractivity contribution in [3.63, 3.8) is 0 Å². The number of carbonyl (C=O) groups excluding carboxylic acids is 3. The molecule has 1 N–H and O–H groups in total. The third-order valence-electron chi connectivity index (χ3n) is 6.47. The minimum atomic E-state index is -0.799. The molecule has 1 heterocycles. The summed E-state index contributed by atoms with van der Waals surface area (Å²) < 4.78 is 6.13. The smallest absolute Gasteiger partial charge is 0.335 e. The van der Waals surface area contributed by atoms with Gasteiger partial charge in [-0.05, 0) is 72.2 Å². The number of amides is 4. The number of nitrogens with one attached hydrogen (secondary N) is 1. The second-order valence-corrected chi connectivity index (χ2v) is 9.79. The second-order valence-electron chi connectivity index (χ2n) is 8.95. The molecule has 1 aliphatic rings. The SMILES string of the molecule is Cc1ccc(N2C(=O)NC(=O)/C(=C\c3c(OCc4ccc(Cl)cc4Cl)ccc4ccccc34)C2=O)cc1C. The number of halogens is 2. The number of anilines is 1. The summed E-state index contributed by atoms with van der Waals surface area (Å²) in [6, 6.07) is 20.8. The van der Waals surface area contributed by atoms with Gasteiger partial charge >= 0.3 is 6.03 Å². The molecule has 0 bridgehead atoms. The van der Waals surface area contributed by atoms with E-state index < -0.39 is 17.8 Å². The molecule has 0 atom stereocenters. The quantitative estimate of drug-likeness (QED) is 0.216. The molecular formula is C30H22Cl2N2O4. The van der Waals surface area contributed by atoms with E-state index in [1.54, 1.807) is 36.4 Å². The molecule has 1 aliphatic heterocycles. The van der Waals surface area contributed by atoms with Crippen molar-refractivity contribution in [2.45, 2.75) is 20.5 Å². The summed E-state index contributed by atoms with van der Waals surface area (Å²) in [5.41, 5.74) is 3.37. The van der Waals surface area contributed by atoms with Crippen LogP contribution in [0.2, 0.25) is 10.0 Å². The summed E-state index contributed by atoms with van der Waals surface area (Å²) in [6.07, 6.45) is 1.47. The van der Waals surface area contributed by atoms with Crippen molar-refractivity contribution in [1.82, 2.24) is 5.32 Å². The third kappa shape index (κ3) is 4.88. The van der Waals surface area contributed by atoms with Crippen LogP contribution in [0.25, 0.3) is 16.8 Å². The highest BCUT2D eigenvalue weighted by atomic mass is 35.5. The van der Waals surface area contributed by atoms with Crippen molar-refractivity contribution < 1.29 is 19.1 Å². The van der Waals surface area contributed by atoms with E-state index >= 15 is 0 Å². The molecule has 4 amide bonds. The van der Waals surface area contributed by atoms with E-state index in [9.17, 15) is 14.4 Å². The van der Waals surface area contributed by atoms with Gasteiger partial charge in [-0.3, -0.25) is 14.9 Å². The molecule has 0 unspecified atom stereocenters. The summed E-state index contributed by atoms with van der Waals surface area (Å²) in [7, 11) is 0. The van der Waals surface area contributed by atoms with Gasteiger partial charge in [-0.25, -0.2) is 9.69 Å². The molecule has 190 valence electrons.